The summed E-state index contributed by atoms with van der Waals surface area (Å²) in [7, 11) is 0. The molecule has 1 aliphatic carbocycles. The Morgan fingerprint density at radius 3 is 2.00 bits per heavy atom. The van der Waals surface area contributed by atoms with Gasteiger partial charge in [0, 0.05) is 12.3 Å². The summed E-state index contributed by atoms with van der Waals surface area (Å²) in [5, 5.41) is 0. The molecular formula is C18H18O. The van der Waals surface area contributed by atoms with Gasteiger partial charge in [0.05, 0.1) is 0 Å². The van der Waals surface area contributed by atoms with Crippen LogP contribution in [-0.2, 0) is 4.79 Å². The largest absolute Gasteiger partial charge is 0.300 e. The summed E-state index contributed by atoms with van der Waals surface area (Å²) >= 11 is 0. The van der Waals surface area contributed by atoms with E-state index in [-0.39, 0.29) is 0 Å². The number of Topliss-reactive ketones (excluding diaryl/α,β-unsaturated/α-hetero) is 1. The number of benzene rings is 2. The van der Waals surface area contributed by atoms with Gasteiger partial charge >= 0.3 is 0 Å². The Morgan fingerprint density at radius 2 is 1.47 bits per heavy atom. The molecule has 0 amide bonds. The standard InChI is InChI=1S/C18H18O/c1-13(19)7-6-12-18-16-10-4-2-8-14(16)15-9-3-5-11-17(15)18/h2-5,8-11,18H,6-7,12H2,1H3. The summed E-state index contributed by atoms with van der Waals surface area (Å²) in [4.78, 5) is 11.1. The highest BCUT2D eigenvalue weighted by Crippen LogP contribution is 2.46. The summed E-state index contributed by atoms with van der Waals surface area (Å²) < 4.78 is 0. The van der Waals surface area contributed by atoms with Crippen LogP contribution in [0, 0.1) is 0 Å². The normalized spacial score (nSPS) is 13.1. The Morgan fingerprint density at radius 1 is 0.947 bits per heavy atom. The monoisotopic (exact) mass is 250 g/mol. The molecule has 96 valence electrons. The molecule has 0 aromatic heterocycles. The number of hydrogen-bond donors (Lipinski definition) is 0. The highest BCUT2D eigenvalue weighted by molar-refractivity contribution is 5.79. The van der Waals surface area contributed by atoms with E-state index in [0.29, 0.717) is 18.1 Å². The molecule has 3 rings (SSSR count). The molecule has 0 radical (unpaired) electrons. The van der Waals surface area contributed by atoms with Crippen LogP contribution in [0.3, 0.4) is 0 Å². The van der Waals surface area contributed by atoms with Gasteiger partial charge in [-0.1, -0.05) is 48.5 Å². The summed E-state index contributed by atoms with van der Waals surface area (Å²) in [5.41, 5.74) is 5.58. The molecule has 0 saturated carbocycles. The quantitative estimate of drug-likeness (QED) is 0.777. The van der Waals surface area contributed by atoms with Crippen LogP contribution >= 0.6 is 0 Å². The molecule has 1 heteroatoms. The first-order valence-corrected chi connectivity index (χ1v) is 6.95. The zero-order valence-corrected chi connectivity index (χ0v) is 11.2. The lowest BCUT2D eigenvalue weighted by molar-refractivity contribution is -0.117. The number of carbonyl (C=O) groups excluding carboxylic acids is 1. The van der Waals surface area contributed by atoms with Gasteiger partial charge in [-0.15, -0.1) is 0 Å². The minimum atomic E-state index is 0.291. The second-order valence-electron chi connectivity index (χ2n) is 5.32. The minimum absolute atomic E-state index is 0.291. The molecule has 0 N–H and O–H groups in total. The van der Waals surface area contributed by atoms with E-state index in [1.165, 1.54) is 22.3 Å². The second-order valence-corrected chi connectivity index (χ2v) is 5.32. The molecule has 0 saturated heterocycles. The third kappa shape index (κ3) is 2.21. The van der Waals surface area contributed by atoms with Gasteiger partial charge in [-0.3, -0.25) is 0 Å². The zero-order chi connectivity index (χ0) is 13.2. The highest BCUT2D eigenvalue weighted by Gasteiger charge is 2.27. The molecule has 2 aromatic carbocycles. The van der Waals surface area contributed by atoms with Gasteiger partial charge in [-0.2, -0.15) is 0 Å². The van der Waals surface area contributed by atoms with Crippen molar-refractivity contribution in [2.24, 2.45) is 0 Å². The Hall–Kier alpha value is -1.89. The number of ketones is 1. The Balaban J connectivity index is 1.93. The lowest BCUT2D eigenvalue weighted by atomic mass is 9.91. The SMILES string of the molecule is CC(=O)CCCC1c2ccccc2-c2ccccc21. The molecule has 1 aliphatic rings. The van der Waals surface area contributed by atoms with E-state index in [4.69, 9.17) is 0 Å². The molecule has 19 heavy (non-hydrogen) atoms. The fourth-order valence-electron chi connectivity index (χ4n) is 3.13. The second kappa shape index (κ2) is 5.00. The predicted octanol–water partition coefficient (Wildman–Crippen LogP) is 4.56. The fourth-order valence-corrected chi connectivity index (χ4v) is 3.13. The average molecular weight is 250 g/mol. The van der Waals surface area contributed by atoms with E-state index in [9.17, 15) is 4.79 Å². The molecule has 0 unspecified atom stereocenters. The summed E-state index contributed by atoms with van der Waals surface area (Å²) in [6, 6.07) is 17.3. The maximum Gasteiger partial charge on any atom is 0.129 e. The third-order valence-electron chi connectivity index (χ3n) is 3.98. The third-order valence-corrected chi connectivity index (χ3v) is 3.98. The lowest BCUT2D eigenvalue weighted by Crippen LogP contribution is -1.98. The maximum atomic E-state index is 11.1. The fraction of sp³-hybridized carbons (Fsp3) is 0.278. The first kappa shape index (κ1) is 12.2. The van der Waals surface area contributed by atoms with Crippen molar-refractivity contribution in [3.05, 3.63) is 59.7 Å². The summed E-state index contributed by atoms with van der Waals surface area (Å²) in [6.45, 7) is 1.68. The molecular weight excluding hydrogens is 232 g/mol. The molecule has 0 aliphatic heterocycles. The van der Waals surface area contributed by atoms with Crippen molar-refractivity contribution < 1.29 is 4.79 Å². The topological polar surface area (TPSA) is 17.1 Å². The van der Waals surface area contributed by atoms with Crippen LogP contribution in [0.25, 0.3) is 11.1 Å². The lowest BCUT2D eigenvalue weighted by Gasteiger charge is -2.12. The van der Waals surface area contributed by atoms with E-state index >= 15 is 0 Å². The average Bonchev–Trinajstić information content (AvgIpc) is 2.74. The number of carbonyl (C=O) groups is 1. The molecule has 2 aromatic rings. The van der Waals surface area contributed by atoms with Crippen LogP contribution in [0.2, 0.25) is 0 Å². The van der Waals surface area contributed by atoms with E-state index < -0.39 is 0 Å². The van der Waals surface area contributed by atoms with Crippen LogP contribution in [0.5, 0.6) is 0 Å². The summed E-state index contributed by atoms with van der Waals surface area (Å²) in [6.07, 6.45) is 2.73. The van der Waals surface area contributed by atoms with Crippen molar-refractivity contribution in [1.29, 1.82) is 0 Å². The van der Waals surface area contributed by atoms with Crippen LogP contribution in [0.15, 0.2) is 48.5 Å². The van der Waals surface area contributed by atoms with Gasteiger partial charge in [0.15, 0.2) is 0 Å². The van der Waals surface area contributed by atoms with Gasteiger partial charge in [0.25, 0.3) is 0 Å². The van der Waals surface area contributed by atoms with Crippen molar-refractivity contribution in [2.45, 2.75) is 32.1 Å². The van der Waals surface area contributed by atoms with Crippen LogP contribution < -0.4 is 0 Å². The van der Waals surface area contributed by atoms with Gasteiger partial charge in [0.2, 0.25) is 0 Å². The van der Waals surface area contributed by atoms with E-state index in [1.807, 2.05) is 0 Å². The predicted molar refractivity (Wildman–Crippen MR) is 78.3 cm³/mol. The first-order chi connectivity index (χ1) is 9.27. The molecule has 1 nitrogen and oxygen atoms in total. The van der Waals surface area contributed by atoms with Crippen molar-refractivity contribution in [2.75, 3.05) is 0 Å². The van der Waals surface area contributed by atoms with Crippen LogP contribution in [0.1, 0.15) is 43.2 Å². The zero-order valence-electron chi connectivity index (χ0n) is 11.2. The molecule has 0 spiro atoms. The number of hydrogen-bond acceptors (Lipinski definition) is 1. The smallest absolute Gasteiger partial charge is 0.129 e. The molecule has 0 fully saturated rings. The van der Waals surface area contributed by atoms with E-state index in [2.05, 4.69) is 48.5 Å². The molecule has 0 bridgehead atoms. The van der Waals surface area contributed by atoms with Crippen molar-refractivity contribution in [3.63, 3.8) is 0 Å². The van der Waals surface area contributed by atoms with Crippen molar-refractivity contribution >= 4 is 5.78 Å². The first-order valence-electron chi connectivity index (χ1n) is 6.95. The van der Waals surface area contributed by atoms with Gasteiger partial charge < -0.3 is 4.79 Å². The Labute approximate surface area is 114 Å². The Bertz CT molecular complexity index is 567. The van der Waals surface area contributed by atoms with Gasteiger partial charge in [0.1, 0.15) is 5.78 Å². The minimum Gasteiger partial charge on any atom is -0.300 e. The maximum absolute atomic E-state index is 11.1. The van der Waals surface area contributed by atoms with Crippen molar-refractivity contribution in [3.8, 4) is 11.1 Å². The van der Waals surface area contributed by atoms with E-state index in [0.717, 1.165) is 12.8 Å². The van der Waals surface area contributed by atoms with Crippen LogP contribution in [0.4, 0.5) is 0 Å². The van der Waals surface area contributed by atoms with Crippen LogP contribution in [-0.4, -0.2) is 5.78 Å². The number of fused-ring (bicyclic) bond motifs is 3. The van der Waals surface area contributed by atoms with Gasteiger partial charge in [-0.05, 0) is 42.0 Å². The van der Waals surface area contributed by atoms with Gasteiger partial charge in [-0.25, -0.2) is 0 Å². The van der Waals surface area contributed by atoms with E-state index in [1.54, 1.807) is 6.92 Å². The Kier molecular flexibility index (Phi) is 3.20. The highest BCUT2D eigenvalue weighted by atomic mass is 16.1. The molecule has 0 heterocycles. The number of rotatable bonds is 4. The van der Waals surface area contributed by atoms with Crippen molar-refractivity contribution in [1.82, 2.24) is 0 Å². The summed E-state index contributed by atoms with van der Waals surface area (Å²) in [5.74, 6) is 0.756. The molecule has 0 atom stereocenters.